The van der Waals surface area contributed by atoms with Crippen LogP contribution in [0.5, 0.6) is 0 Å². The highest BCUT2D eigenvalue weighted by Gasteiger charge is 2.51. The standard InChI is InChI=1S/C18H23NO/c19-17(20)14-7-6-13-10-12-4-3-9-18(16(13)11-14)8-2-1-5-15(12)18/h6-7,11-12,15H,1-5,8-10H2,(H2,19,20)/t12-,15?,18-/m1/s1. The SMILES string of the molecule is NC(=O)c1ccc2c(c1)[C@@]13CCCCC1[C@H](CCC3)C2. The fraction of sp³-hybridized carbons (Fsp3) is 0.611. The molecule has 106 valence electrons. The number of hydrogen-bond acceptors (Lipinski definition) is 1. The lowest BCUT2D eigenvalue weighted by atomic mass is 9.49. The van der Waals surface area contributed by atoms with E-state index in [4.69, 9.17) is 5.73 Å². The highest BCUT2D eigenvalue weighted by Crippen LogP contribution is 2.58. The Morgan fingerprint density at radius 1 is 1.15 bits per heavy atom. The zero-order chi connectivity index (χ0) is 13.7. The molecule has 0 saturated heterocycles. The molecule has 1 aromatic rings. The zero-order valence-corrected chi connectivity index (χ0v) is 12.0. The predicted molar refractivity (Wildman–Crippen MR) is 79.6 cm³/mol. The summed E-state index contributed by atoms with van der Waals surface area (Å²) in [5.74, 6) is 1.46. The molecule has 2 fully saturated rings. The van der Waals surface area contributed by atoms with Gasteiger partial charge in [-0.2, -0.15) is 0 Å². The summed E-state index contributed by atoms with van der Waals surface area (Å²) >= 11 is 0. The van der Waals surface area contributed by atoms with Gasteiger partial charge in [0.15, 0.2) is 0 Å². The van der Waals surface area contributed by atoms with Crippen molar-refractivity contribution in [2.75, 3.05) is 0 Å². The number of nitrogens with two attached hydrogens (primary N) is 1. The number of benzene rings is 1. The lowest BCUT2D eigenvalue weighted by Crippen LogP contribution is -2.49. The zero-order valence-electron chi connectivity index (χ0n) is 12.0. The Morgan fingerprint density at radius 2 is 2.00 bits per heavy atom. The third-order valence-corrected chi connectivity index (χ3v) is 6.28. The monoisotopic (exact) mass is 269 g/mol. The Balaban J connectivity index is 1.89. The van der Waals surface area contributed by atoms with Crippen LogP contribution in [0.1, 0.15) is 66.4 Å². The van der Waals surface area contributed by atoms with E-state index in [-0.39, 0.29) is 5.91 Å². The Labute approximate surface area is 120 Å². The first-order chi connectivity index (χ1) is 9.71. The number of fused-ring (bicyclic) bond motifs is 1. The number of carbonyl (C=O) groups excluding carboxylic acids is 1. The van der Waals surface area contributed by atoms with E-state index < -0.39 is 0 Å². The summed E-state index contributed by atoms with van der Waals surface area (Å²) in [5, 5.41) is 0. The molecule has 20 heavy (non-hydrogen) atoms. The van der Waals surface area contributed by atoms with Gasteiger partial charge >= 0.3 is 0 Å². The molecule has 1 aromatic carbocycles. The minimum atomic E-state index is -0.283. The first-order valence-corrected chi connectivity index (χ1v) is 8.14. The van der Waals surface area contributed by atoms with Crippen LogP contribution < -0.4 is 5.73 Å². The molecule has 1 unspecified atom stereocenters. The van der Waals surface area contributed by atoms with Crippen LogP contribution in [0, 0.1) is 11.8 Å². The molecule has 2 nitrogen and oxygen atoms in total. The topological polar surface area (TPSA) is 43.1 Å². The second-order valence-electron chi connectivity index (χ2n) is 7.10. The van der Waals surface area contributed by atoms with E-state index in [9.17, 15) is 4.79 Å². The Hall–Kier alpha value is -1.31. The summed E-state index contributed by atoms with van der Waals surface area (Å²) in [5.41, 5.74) is 9.56. The largest absolute Gasteiger partial charge is 0.366 e. The van der Waals surface area contributed by atoms with Gasteiger partial charge in [-0.25, -0.2) is 0 Å². The second-order valence-corrected chi connectivity index (χ2v) is 7.10. The molecular weight excluding hydrogens is 246 g/mol. The molecule has 0 heterocycles. The van der Waals surface area contributed by atoms with E-state index >= 15 is 0 Å². The molecule has 4 rings (SSSR count). The van der Waals surface area contributed by atoms with Gasteiger partial charge in [0.25, 0.3) is 0 Å². The molecule has 3 aliphatic carbocycles. The van der Waals surface area contributed by atoms with Crippen LogP contribution in [0.4, 0.5) is 0 Å². The van der Waals surface area contributed by atoms with Gasteiger partial charge in [-0.3, -0.25) is 4.79 Å². The number of carbonyl (C=O) groups is 1. The molecule has 0 spiro atoms. The van der Waals surface area contributed by atoms with Gasteiger partial charge in [0, 0.05) is 5.56 Å². The first kappa shape index (κ1) is 12.4. The second kappa shape index (κ2) is 4.34. The summed E-state index contributed by atoms with van der Waals surface area (Å²) in [6.45, 7) is 0. The summed E-state index contributed by atoms with van der Waals surface area (Å²) in [7, 11) is 0. The van der Waals surface area contributed by atoms with Crippen molar-refractivity contribution >= 4 is 5.91 Å². The minimum Gasteiger partial charge on any atom is -0.366 e. The molecule has 0 aliphatic heterocycles. The highest BCUT2D eigenvalue weighted by molar-refractivity contribution is 5.93. The lowest BCUT2D eigenvalue weighted by molar-refractivity contribution is 0.0522. The van der Waals surface area contributed by atoms with E-state index in [2.05, 4.69) is 12.1 Å². The van der Waals surface area contributed by atoms with Gasteiger partial charge in [-0.15, -0.1) is 0 Å². The molecule has 2 bridgehead atoms. The Morgan fingerprint density at radius 3 is 2.85 bits per heavy atom. The molecule has 2 N–H and O–H groups in total. The summed E-state index contributed by atoms with van der Waals surface area (Å²) in [6, 6.07) is 6.24. The van der Waals surface area contributed by atoms with Crippen molar-refractivity contribution in [1.82, 2.24) is 0 Å². The van der Waals surface area contributed by atoms with Crippen molar-refractivity contribution in [2.45, 2.75) is 56.8 Å². The third-order valence-electron chi connectivity index (χ3n) is 6.28. The maximum atomic E-state index is 11.5. The van der Waals surface area contributed by atoms with Gasteiger partial charge in [0.1, 0.15) is 0 Å². The molecule has 3 atom stereocenters. The van der Waals surface area contributed by atoms with Gasteiger partial charge in [-0.05, 0) is 72.6 Å². The average Bonchev–Trinajstić information content (AvgIpc) is 2.46. The van der Waals surface area contributed by atoms with Crippen molar-refractivity contribution in [1.29, 1.82) is 0 Å². The van der Waals surface area contributed by atoms with Gasteiger partial charge < -0.3 is 5.73 Å². The van der Waals surface area contributed by atoms with Crippen LogP contribution in [0.2, 0.25) is 0 Å². The smallest absolute Gasteiger partial charge is 0.248 e. The average molecular weight is 269 g/mol. The maximum Gasteiger partial charge on any atom is 0.248 e. The summed E-state index contributed by atoms with van der Waals surface area (Å²) in [6.07, 6.45) is 10.8. The minimum absolute atomic E-state index is 0.283. The lowest BCUT2D eigenvalue weighted by Gasteiger charge is -2.55. The molecular formula is C18H23NO. The Bertz CT molecular complexity index is 561. The van der Waals surface area contributed by atoms with Crippen LogP contribution >= 0.6 is 0 Å². The molecule has 0 aromatic heterocycles. The van der Waals surface area contributed by atoms with Crippen molar-refractivity contribution in [2.24, 2.45) is 17.6 Å². The number of hydrogen-bond donors (Lipinski definition) is 1. The van der Waals surface area contributed by atoms with E-state index in [1.54, 1.807) is 0 Å². The van der Waals surface area contributed by atoms with Crippen LogP contribution in [-0.4, -0.2) is 5.91 Å². The van der Waals surface area contributed by atoms with Crippen LogP contribution in [0.25, 0.3) is 0 Å². The van der Waals surface area contributed by atoms with E-state index in [0.29, 0.717) is 11.0 Å². The quantitative estimate of drug-likeness (QED) is 0.832. The van der Waals surface area contributed by atoms with Gasteiger partial charge in [-0.1, -0.05) is 25.3 Å². The summed E-state index contributed by atoms with van der Waals surface area (Å²) in [4.78, 5) is 11.5. The van der Waals surface area contributed by atoms with Crippen LogP contribution in [0.3, 0.4) is 0 Å². The number of primary amides is 1. The first-order valence-electron chi connectivity index (χ1n) is 8.14. The fourth-order valence-corrected chi connectivity index (χ4v) is 5.51. The number of amides is 1. The normalized spacial score (nSPS) is 35.0. The van der Waals surface area contributed by atoms with E-state index in [0.717, 1.165) is 11.8 Å². The molecule has 1 amide bonds. The van der Waals surface area contributed by atoms with E-state index in [1.165, 1.54) is 62.5 Å². The molecule has 0 radical (unpaired) electrons. The third kappa shape index (κ3) is 1.60. The maximum absolute atomic E-state index is 11.5. The van der Waals surface area contributed by atoms with E-state index in [1.807, 2.05) is 6.07 Å². The van der Waals surface area contributed by atoms with Crippen molar-refractivity contribution in [3.8, 4) is 0 Å². The highest BCUT2D eigenvalue weighted by atomic mass is 16.1. The molecule has 3 aliphatic rings. The van der Waals surface area contributed by atoms with Gasteiger partial charge in [0.2, 0.25) is 5.91 Å². The van der Waals surface area contributed by atoms with Gasteiger partial charge in [0.05, 0.1) is 0 Å². The molecule has 2 heteroatoms. The Kier molecular flexibility index (Phi) is 2.70. The molecule has 2 saturated carbocycles. The van der Waals surface area contributed by atoms with Crippen LogP contribution in [0.15, 0.2) is 18.2 Å². The van der Waals surface area contributed by atoms with Crippen molar-refractivity contribution < 1.29 is 4.79 Å². The predicted octanol–water partition coefficient (Wildman–Crippen LogP) is 3.57. The van der Waals surface area contributed by atoms with Crippen LogP contribution in [-0.2, 0) is 11.8 Å². The fourth-order valence-electron chi connectivity index (χ4n) is 5.51. The van der Waals surface area contributed by atoms with Crippen molar-refractivity contribution in [3.05, 3.63) is 34.9 Å². The number of rotatable bonds is 1. The van der Waals surface area contributed by atoms with Crippen molar-refractivity contribution in [3.63, 3.8) is 0 Å². The summed E-state index contributed by atoms with van der Waals surface area (Å²) < 4.78 is 0.